The average molecular weight is 643 g/mol. The van der Waals surface area contributed by atoms with E-state index in [4.69, 9.17) is 9.47 Å². The lowest BCUT2D eigenvalue weighted by Gasteiger charge is -2.45. The Kier molecular flexibility index (Phi) is 12.3. The molecule has 0 aromatic heterocycles. The van der Waals surface area contributed by atoms with Gasteiger partial charge < -0.3 is 35.0 Å². The summed E-state index contributed by atoms with van der Waals surface area (Å²) >= 11 is 0. The molecule has 2 amide bonds. The second-order valence-corrected chi connectivity index (χ2v) is 15.3. The van der Waals surface area contributed by atoms with E-state index in [1.54, 1.807) is 4.90 Å². The zero-order chi connectivity index (χ0) is 32.7. The molecule has 0 radical (unpaired) electrons. The molecular formula is C37H58N2O7. The zero-order valence-electron chi connectivity index (χ0n) is 28.1. The summed E-state index contributed by atoms with van der Waals surface area (Å²) in [5.74, 6) is 1.37. The first-order chi connectivity index (χ1) is 22.1. The van der Waals surface area contributed by atoms with E-state index in [1.807, 2.05) is 32.0 Å². The number of aliphatic hydroxyl groups is 3. The summed E-state index contributed by atoms with van der Waals surface area (Å²) in [6.45, 7) is 4.68. The highest BCUT2D eigenvalue weighted by atomic mass is 16.7. The molecule has 0 spiro atoms. The third kappa shape index (κ3) is 9.83. The minimum atomic E-state index is -1.12. The van der Waals surface area contributed by atoms with Crippen LogP contribution in [0.3, 0.4) is 0 Å². The molecule has 4 aliphatic rings. The van der Waals surface area contributed by atoms with Crippen molar-refractivity contribution in [2.24, 2.45) is 23.7 Å². The highest BCUT2D eigenvalue weighted by Gasteiger charge is 2.44. The van der Waals surface area contributed by atoms with Crippen molar-refractivity contribution in [1.29, 1.82) is 0 Å². The zero-order valence-corrected chi connectivity index (χ0v) is 28.1. The van der Waals surface area contributed by atoms with Crippen molar-refractivity contribution >= 4 is 11.8 Å². The van der Waals surface area contributed by atoms with Gasteiger partial charge in [0.25, 0.3) is 0 Å². The predicted molar refractivity (Wildman–Crippen MR) is 176 cm³/mol. The van der Waals surface area contributed by atoms with Crippen LogP contribution in [0.15, 0.2) is 18.2 Å². The molecule has 46 heavy (non-hydrogen) atoms. The Morgan fingerprint density at radius 3 is 2.30 bits per heavy atom. The first-order valence-corrected chi connectivity index (χ1v) is 18.1. The van der Waals surface area contributed by atoms with Crippen molar-refractivity contribution in [2.45, 2.75) is 147 Å². The maximum Gasteiger partial charge on any atom is 0.231 e. The molecule has 1 aliphatic heterocycles. The van der Waals surface area contributed by atoms with Crippen LogP contribution in [0.2, 0.25) is 0 Å². The van der Waals surface area contributed by atoms with Gasteiger partial charge in [0, 0.05) is 25.4 Å². The Bertz CT molecular complexity index is 1140. The number of carbonyl (C=O) groups excluding carboxylic acids is 2. The van der Waals surface area contributed by atoms with Crippen LogP contribution < -0.4 is 14.8 Å². The fourth-order valence-electron chi connectivity index (χ4n) is 7.95. The molecule has 9 nitrogen and oxygen atoms in total. The molecule has 3 fully saturated rings. The van der Waals surface area contributed by atoms with E-state index in [0.29, 0.717) is 62.0 Å². The smallest absolute Gasteiger partial charge is 0.231 e. The third-order valence-corrected chi connectivity index (χ3v) is 10.8. The molecule has 4 atom stereocenters. The van der Waals surface area contributed by atoms with Crippen LogP contribution in [0.25, 0.3) is 0 Å². The molecular weight excluding hydrogens is 584 g/mol. The third-order valence-electron chi connectivity index (χ3n) is 10.8. The summed E-state index contributed by atoms with van der Waals surface area (Å²) in [4.78, 5) is 30.0. The van der Waals surface area contributed by atoms with Gasteiger partial charge in [0.15, 0.2) is 11.5 Å². The first-order valence-electron chi connectivity index (χ1n) is 18.1. The Morgan fingerprint density at radius 2 is 1.61 bits per heavy atom. The molecule has 0 saturated heterocycles. The molecule has 1 aromatic carbocycles. The second-order valence-electron chi connectivity index (χ2n) is 15.3. The molecule has 4 N–H and O–H groups in total. The fraction of sp³-hybridized carbons (Fsp3) is 0.784. The molecule has 3 saturated carbocycles. The summed E-state index contributed by atoms with van der Waals surface area (Å²) in [5.41, 5.74) is -0.147. The van der Waals surface area contributed by atoms with Crippen molar-refractivity contribution < 1.29 is 34.4 Å². The van der Waals surface area contributed by atoms with Gasteiger partial charge in [-0.25, -0.2) is 0 Å². The van der Waals surface area contributed by atoms with Gasteiger partial charge in [-0.15, -0.1) is 0 Å². The van der Waals surface area contributed by atoms with Crippen molar-refractivity contribution in [1.82, 2.24) is 10.2 Å². The van der Waals surface area contributed by atoms with Crippen LogP contribution in [0.1, 0.15) is 122 Å². The van der Waals surface area contributed by atoms with Crippen LogP contribution in [0, 0.1) is 23.7 Å². The number of nitrogens with one attached hydrogen (secondary N) is 1. The molecule has 9 heteroatoms. The number of aliphatic hydroxyl groups excluding tert-OH is 2. The number of benzene rings is 1. The number of hydrogen-bond donors (Lipinski definition) is 4. The van der Waals surface area contributed by atoms with Gasteiger partial charge in [-0.2, -0.15) is 0 Å². The molecule has 0 unspecified atom stereocenters. The molecule has 3 aliphatic carbocycles. The lowest BCUT2D eigenvalue weighted by molar-refractivity contribution is -0.153. The van der Waals surface area contributed by atoms with Crippen LogP contribution in [-0.2, 0) is 16.1 Å². The van der Waals surface area contributed by atoms with Crippen molar-refractivity contribution in [3.05, 3.63) is 23.8 Å². The minimum absolute atomic E-state index is 0.0512. The predicted octanol–water partition coefficient (Wildman–Crippen LogP) is 5.47. The van der Waals surface area contributed by atoms with Crippen LogP contribution >= 0.6 is 0 Å². The molecule has 1 heterocycles. The number of rotatable bonds is 16. The van der Waals surface area contributed by atoms with Gasteiger partial charge in [0.05, 0.1) is 17.7 Å². The first kappa shape index (κ1) is 35.0. The summed E-state index contributed by atoms with van der Waals surface area (Å²) in [7, 11) is 0. The van der Waals surface area contributed by atoms with E-state index in [2.05, 4.69) is 5.32 Å². The van der Waals surface area contributed by atoms with Crippen molar-refractivity contribution in [3.8, 4) is 11.5 Å². The lowest BCUT2D eigenvalue weighted by Crippen LogP contribution is -2.58. The highest BCUT2D eigenvalue weighted by Crippen LogP contribution is 2.39. The van der Waals surface area contributed by atoms with Crippen molar-refractivity contribution in [2.75, 3.05) is 13.3 Å². The summed E-state index contributed by atoms with van der Waals surface area (Å²) < 4.78 is 10.9. The van der Waals surface area contributed by atoms with Gasteiger partial charge in [0.1, 0.15) is 6.10 Å². The monoisotopic (exact) mass is 642 g/mol. The summed E-state index contributed by atoms with van der Waals surface area (Å²) in [6, 6.07) is 4.98. The minimum Gasteiger partial charge on any atom is -0.454 e. The van der Waals surface area contributed by atoms with E-state index >= 15 is 0 Å². The van der Waals surface area contributed by atoms with E-state index in [-0.39, 0.29) is 37.5 Å². The average Bonchev–Trinajstić information content (AvgIpc) is 3.74. The summed E-state index contributed by atoms with van der Waals surface area (Å²) in [6.07, 6.45) is 11.3. The van der Waals surface area contributed by atoms with Gasteiger partial charge in [-0.05, 0) is 67.6 Å². The SMILES string of the molecule is CC(C)C[C@H](O)[C@H](O)[C@H](CC1CCCCC1)N(CC1(O)CCCCC1)C(=O)[C@@H](CC(=O)NCc1ccc2c(c1)OCO2)CC1CC1. The second kappa shape index (κ2) is 16.2. The highest BCUT2D eigenvalue weighted by molar-refractivity contribution is 5.86. The summed E-state index contributed by atoms with van der Waals surface area (Å²) in [5, 5.41) is 37.9. The number of nitrogens with zero attached hydrogens (tertiary/aromatic N) is 1. The van der Waals surface area contributed by atoms with Crippen LogP contribution in [-0.4, -0.2) is 69.2 Å². The van der Waals surface area contributed by atoms with Crippen LogP contribution in [0.4, 0.5) is 0 Å². The fourth-order valence-corrected chi connectivity index (χ4v) is 7.95. The number of fused-ring (bicyclic) bond motifs is 1. The Hall–Kier alpha value is -2.36. The largest absolute Gasteiger partial charge is 0.454 e. The van der Waals surface area contributed by atoms with Crippen LogP contribution in [0.5, 0.6) is 11.5 Å². The van der Waals surface area contributed by atoms with Gasteiger partial charge in [-0.1, -0.05) is 84.1 Å². The number of hydrogen-bond acceptors (Lipinski definition) is 7. The lowest BCUT2D eigenvalue weighted by atomic mass is 9.79. The van der Waals surface area contributed by atoms with Gasteiger partial charge in [-0.3, -0.25) is 9.59 Å². The normalized spacial score (nSPS) is 22.2. The van der Waals surface area contributed by atoms with Gasteiger partial charge in [0.2, 0.25) is 18.6 Å². The number of amides is 2. The Morgan fingerprint density at radius 1 is 0.935 bits per heavy atom. The quantitative estimate of drug-likeness (QED) is 0.188. The van der Waals surface area contributed by atoms with E-state index in [9.17, 15) is 24.9 Å². The standard InChI is InChI=1S/C37H58N2O7/c1-25(2)17-31(40)35(42)30(19-26-9-5-3-6-10-26)39(23-37(44)15-7-4-8-16-37)36(43)29(18-27-11-12-27)21-34(41)38-22-28-13-14-32-33(20-28)46-24-45-32/h13-14,20,25-27,29-31,35,40,42,44H,3-12,15-19,21-24H2,1-2H3,(H,38,41)/t29-,30+,31+,35-/m1/s1. The number of ether oxygens (including phenoxy) is 2. The maximum atomic E-state index is 14.8. The Balaban J connectivity index is 1.37. The Labute approximate surface area is 275 Å². The maximum absolute atomic E-state index is 14.8. The molecule has 258 valence electrons. The van der Waals surface area contributed by atoms with E-state index < -0.39 is 29.8 Å². The van der Waals surface area contributed by atoms with Crippen molar-refractivity contribution in [3.63, 3.8) is 0 Å². The molecule has 1 aromatic rings. The molecule has 5 rings (SSSR count). The van der Waals surface area contributed by atoms with Gasteiger partial charge >= 0.3 is 0 Å². The van der Waals surface area contributed by atoms with E-state index in [1.165, 1.54) is 6.42 Å². The van der Waals surface area contributed by atoms with E-state index in [0.717, 1.165) is 63.4 Å². The number of carbonyl (C=O) groups is 2. The molecule has 0 bridgehead atoms. The topological polar surface area (TPSA) is 129 Å².